The van der Waals surface area contributed by atoms with E-state index in [0.29, 0.717) is 30.2 Å². The number of amides is 1. The third kappa shape index (κ3) is 2.92. The highest BCUT2D eigenvalue weighted by molar-refractivity contribution is 5.94. The molecule has 1 aliphatic heterocycles. The van der Waals surface area contributed by atoms with E-state index in [4.69, 9.17) is 4.74 Å². The van der Waals surface area contributed by atoms with Crippen LogP contribution in [0.1, 0.15) is 33.4 Å². The average molecular weight is 349 g/mol. The lowest BCUT2D eigenvalue weighted by atomic mass is 9.93. The Morgan fingerprint density at radius 3 is 2.81 bits per heavy atom. The van der Waals surface area contributed by atoms with Gasteiger partial charge in [-0.2, -0.15) is 0 Å². The van der Waals surface area contributed by atoms with Crippen molar-refractivity contribution in [1.29, 1.82) is 0 Å². The Morgan fingerprint density at radius 2 is 2.04 bits per heavy atom. The van der Waals surface area contributed by atoms with Crippen LogP contribution in [0.2, 0.25) is 0 Å². The number of carbonyl (C=O) groups excluding carboxylic acids is 1. The van der Waals surface area contributed by atoms with Gasteiger partial charge >= 0.3 is 0 Å². The zero-order valence-corrected chi connectivity index (χ0v) is 14.6. The van der Waals surface area contributed by atoms with Gasteiger partial charge in [-0.05, 0) is 25.0 Å². The largest absolute Gasteiger partial charge is 0.496 e. The van der Waals surface area contributed by atoms with E-state index in [1.807, 2.05) is 31.2 Å². The summed E-state index contributed by atoms with van der Waals surface area (Å²) >= 11 is 0. The van der Waals surface area contributed by atoms with Gasteiger partial charge in [-0.15, -0.1) is 0 Å². The number of carbonyl (C=O) groups is 1. The van der Waals surface area contributed by atoms with Gasteiger partial charge in [0, 0.05) is 24.4 Å². The van der Waals surface area contributed by atoms with E-state index in [0.717, 1.165) is 22.7 Å². The Hall–Kier alpha value is -3.22. The summed E-state index contributed by atoms with van der Waals surface area (Å²) in [6.45, 7) is 2.41. The van der Waals surface area contributed by atoms with Gasteiger partial charge in [-0.25, -0.2) is 9.97 Å². The highest BCUT2D eigenvalue weighted by Crippen LogP contribution is 2.31. The van der Waals surface area contributed by atoms with Crippen molar-refractivity contribution in [2.75, 3.05) is 13.7 Å². The third-order valence-corrected chi connectivity index (χ3v) is 4.56. The van der Waals surface area contributed by atoms with Crippen LogP contribution < -0.4 is 10.1 Å². The summed E-state index contributed by atoms with van der Waals surface area (Å²) in [7, 11) is 1.66. The van der Waals surface area contributed by atoms with Crippen LogP contribution in [0.4, 0.5) is 0 Å². The first-order valence-corrected chi connectivity index (χ1v) is 8.44. The van der Waals surface area contributed by atoms with Crippen LogP contribution in [-0.4, -0.2) is 39.5 Å². The number of aryl methyl sites for hydroxylation is 1. The van der Waals surface area contributed by atoms with Crippen molar-refractivity contribution >= 4 is 5.91 Å². The fourth-order valence-electron chi connectivity index (χ4n) is 3.22. The number of nitrogens with one attached hydrogen (secondary N) is 2. The quantitative estimate of drug-likeness (QED) is 0.756. The molecular formula is C19H19N5O2. The van der Waals surface area contributed by atoms with Crippen molar-refractivity contribution in [3.8, 4) is 17.3 Å². The van der Waals surface area contributed by atoms with Crippen LogP contribution >= 0.6 is 0 Å². The first-order chi connectivity index (χ1) is 12.7. The number of ether oxygens (including phenoxy) is 1. The molecule has 0 spiro atoms. The molecule has 1 amide bonds. The minimum Gasteiger partial charge on any atom is -0.496 e. The van der Waals surface area contributed by atoms with E-state index < -0.39 is 0 Å². The molecule has 3 heterocycles. The molecule has 0 aliphatic carbocycles. The zero-order valence-electron chi connectivity index (χ0n) is 14.6. The molecule has 3 aromatic rings. The number of fused-ring (bicyclic) bond motifs is 1. The van der Waals surface area contributed by atoms with Gasteiger partial charge in [0.1, 0.15) is 17.1 Å². The van der Waals surface area contributed by atoms with Crippen molar-refractivity contribution < 1.29 is 9.53 Å². The summed E-state index contributed by atoms with van der Waals surface area (Å²) in [4.78, 5) is 28.8. The van der Waals surface area contributed by atoms with Crippen molar-refractivity contribution in [3.05, 3.63) is 59.3 Å². The van der Waals surface area contributed by atoms with Gasteiger partial charge < -0.3 is 15.0 Å². The molecular weight excluding hydrogens is 330 g/mol. The Bertz CT molecular complexity index is 949. The third-order valence-electron chi connectivity index (χ3n) is 4.56. The van der Waals surface area contributed by atoms with Crippen molar-refractivity contribution in [2.45, 2.75) is 19.3 Å². The summed E-state index contributed by atoms with van der Waals surface area (Å²) in [5.74, 6) is 1.28. The van der Waals surface area contributed by atoms with Crippen molar-refractivity contribution in [3.63, 3.8) is 0 Å². The summed E-state index contributed by atoms with van der Waals surface area (Å²) < 4.78 is 5.48. The van der Waals surface area contributed by atoms with E-state index in [-0.39, 0.29) is 11.8 Å². The fraction of sp³-hybridized carbons (Fsp3) is 0.263. The predicted molar refractivity (Wildman–Crippen MR) is 96.1 cm³/mol. The molecule has 1 atom stereocenters. The Balaban J connectivity index is 1.71. The Morgan fingerprint density at radius 1 is 1.19 bits per heavy atom. The fourth-order valence-corrected chi connectivity index (χ4v) is 3.22. The molecule has 0 fully saturated rings. The van der Waals surface area contributed by atoms with Crippen LogP contribution in [-0.2, 0) is 6.42 Å². The predicted octanol–water partition coefficient (Wildman–Crippen LogP) is 2.25. The van der Waals surface area contributed by atoms with Crippen LogP contribution in [0.15, 0.2) is 36.7 Å². The minimum absolute atomic E-state index is 0.0914. The smallest absolute Gasteiger partial charge is 0.271 e. The number of methoxy groups -OCH3 is 1. The maximum Gasteiger partial charge on any atom is 0.271 e. The molecule has 7 nitrogen and oxygen atoms in total. The van der Waals surface area contributed by atoms with E-state index in [1.165, 1.54) is 0 Å². The molecule has 1 unspecified atom stereocenters. The molecule has 132 valence electrons. The second-order valence-electron chi connectivity index (χ2n) is 6.31. The Labute approximate surface area is 150 Å². The lowest BCUT2D eigenvalue weighted by Gasteiger charge is -2.17. The van der Waals surface area contributed by atoms with Gasteiger partial charge in [-0.3, -0.25) is 9.78 Å². The van der Waals surface area contributed by atoms with Crippen LogP contribution in [0.25, 0.3) is 11.5 Å². The van der Waals surface area contributed by atoms with Crippen LogP contribution in [0, 0.1) is 6.92 Å². The number of H-pyrrole nitrogens is 1. The number of imidazole rings is 1. The number of hydrogen-bond donors (Lipinski definition) is 2. The van der Waals surface area contributed by atoms with Gasteiger partial charge in [-0.1, -0.05) is 18.2 Å². The van der Waals surface area contributed by atoms with Gasteiger partial charge in [0.15, 0.2) is 5.82 Å². The molecule has 0 saturated carbocycles. The van der Waals surface area contributed by atoms with Gasteiger partial charge in [0.2, 0.25) is 0 Å². The van der Waals surface area contributed by atoms with Gasteiger partial charge in [0.25, 0.3) is 5.91 Å². The second-order valence-corrected chi connectivity index (χ2v) is 6.31. The van der Waals surface area contributed by atoms with Crippen LogP contribution in [0.3, 0.4) is 0 Å². The first kappa shape index (κ1) is 16.3. The van der Waals surface area contributed by atoms with Crippen LogP contribution in [0.5, 0.6) is 5.75 Å². The minimum atomic E-state index is -0.181. The van der Waals surface area contributed by atoms with E-state index in [9.17, 15) is 4.79 Å². The lowest BCUT2D eigenvalue weighted by molar-refractivity contribution is 0.0950. The molecule has 7 heteroatoms. The number of rotatable bonds is 3. The topological polar surface area (TPSA) is 92.8 Å². The number of para-hydroxylation sites is 1. The summed E-state index contributed by atoms with van der Waals surface area (Å²) in [5, 5.41) is 2.96. The van der Waals surface area contributed by atoms with E-state index >= 15 is 0 Å². The summed E-state index contributed by atoms with van der Waals surface area (Å²) in [5.41, 5.74) is 3.73. The van der Waals surface area contributed by atoms with Gasteiger partial charge in [0.05, 0.1) is 19.0 Å². The van der Waals surface area contributed by atoms with Crippen molar-refractivity contribution in [2.24, 2.45) is 0 Å². The number of aromatic amines is 1. The molecule has 2 N–H and O–H groups in total. The van der Waals surface area contributed by atoms with E-state index in [1.54, 1.807) is 19.5 Å². The molecule has 26 heavy (non-hydrogen) atoms. The number of hydrogen-bond acceptors (Lipinski definition) is 5. The molecule has 2 aromatic heterocycles. The SMILES string of the molecule is COc1ccccc1C1CNC(=O)c2nc(-c3cnc(C)cn3)[nH]c2C1. The number of nitrogens with zero attached hydrogens (tertiary/aromatic N) is 3. The lowest BCUT2D eigenvalue weighted by Crippen LogP contribution is -2.26. The van der Waals surface area contributed by atoms with E-state index in [2.05, 4.69) is 25.3 Å². The second kappa shape index (κ2) is 6.59. The summed E-state index contributed by atoms with van der Waals surface area (Å²) in [6, 6.07) is 7.88. The molecule has 1 aliphatic rings. The maximum absolute atomic E-state index is 12.5. The average Bonchev–Trinajstić information content (AvgIpc) is 3.03. The molecule has 1 aromatic carbocycles. The zero-order chi connectivity index (χ0) is 18.1. The number of benzene rings is 1. The molecule has 0 saturated heterocycles. The number of aromatic nitrogens is 4. The summed E-state index contributed by atoms with van der Waals surface area (Å²) in [6.07, 6.45) is 3.99. The standard InChI is InChI=1S/C19H19N5O2/c1-11-8-21-15(10-20-11)18-23-14-7-12(9-22-19(25)17(14)24-18)13-5-3-4-6-16(13)26-2/h3-6,8,10,12H,7,9H2,1-2H3,(H,22,25)(H,23,24). The first-order valence-electron chi connectivity index (χ1n) is 8.44. The normalized spacial score (nSPS) is 16.5. The van der Waals surface area contributed by atoms with Crippen molar-refractivity contribution in [1.82, 2.24) is 25.3 Å². The molecule has 0 radical (unpaired) electrons. The molecule has 4 rings (SSSR count). The Kier molecular flexibility index (Phi) is 4.12. The monoisotopic (exact) mass is 349 g/mol. The highest BCUT2D eigenvalue weighted by Gasteiger charge is 2.28. The maximum atomic E-state index is 12.5. The molecule has 0 bridgehead atoms. The highest BCUT2D eigenvalue weighted by atomic mass is 16.5.